The number of rotatable bonds is 4. The third-order valence-corrected chi connectivity index (χ3v) is 4.22. The van der Waals surface area contributed by atoms with Gasteiger partial charge in [-0.05, 0) is 51.0 Å². The van der Waals surface area contributed by atoms with Crippen LogP contribution in [0.2, 0.25) is 0 Å². The number of aryl methyl sites for hydroxylation is 1. The molecule has 0 amide bonds. The van der Waals surface area contributed by atoms with Crippen LogP contribution in [-0.2, 0) is 4.74 Å². The molecule has 0 aliphatic rings. The van der Waals surface area contributed by atoms with E-state index in [2.05, 4.69) is 0 Å². The fourth-order valence-corrected chi connectivity index (χ4v) is 2.57. The molecule has 0 heterocycles. The Bertz CT molecular complexity index is 896. The fourth-order valence-electron chi connectivity index (χ4n) is 2.57. The van der Waals surface area contributed by atoms with E-state index in [1.165, 1.54) is 25.3 Å². The van der Waals surface area contributed by atoms with Gasteiger partial charge in [0.2, 0.25) is 0 Å². The third-order valence-electron chi connectivity index (χ3n) is 4.22. The number of esters is 1. The van der Waals surface area contributed by atoms with Crippen molar-refractivity contribution in [2.75, 3.05) is 7.11 Å². The minimum absolute atomic E-state index is 0.0416. The van der Waals surface area contributed by atoms with Gasteiger partial charge in [0, 0.05) is 17.2 Å². The lowest BCUT2D eigenvalue weighted by molar-refractivity contribution is 0.0597. The van der Waals surface area contributed by atoms with Crippen molar-refractivity contribution in [2.24, 2.45) is 0 Å². The number of phenols is 3. The van der Waals surface area contributed by atoms with Gasteiger partial charge in [-0.15, -0.1) is 0 Å². The molecule has 0 aliphatic carbocycles. The van der Waals surface area contributed by atoms with Gasteiger partial charge in [-0.2, -0.15) is 0 Å². The molecule has 2 rings (SSSR count). The maximum absolute atomic E-state index is 12.1. The molecule has 0 radical (unpaired) electrons. The first kappa shape index (κ1) is 19.2. The van der Waals surface area contributed by atoms with Gasteiger partial charge in [0.15, 0.2) is 11.5 Å². The van der Waals surface area contributed by atoms with E-state index in [4.69, 9.17) is 9.47 Å². The number of carbonyl (C=O) groups excluding carboxylic acids is 1. The Labute approximate surface area is 151 Å². The molecule has 0 saturated heterocycles. The molecule has 6 nitrogen and oxygen atoms in total. The molecule has 0 aromatic heterocycles. The van der Waals surface area contributed by atoms with Gasteiger partial charge in [0.05, 0.1) is 7.11 Å². The second-order valence-electron chi connectivity index (χ2n) is 5.95. The summed E-state index contributed by atoms with van der Waals surface area (Å²) in [5.41, 5.74) is 2.06. The number of hydrogen-bond acceptors (Lipinski definition) is 6. The van der Waals surface area contributed by atoms with Gasteiger partial charge < -0.3 is 24.8 Å². The quantitative estimate of drug-likeness (QED) is 0.700. The van der Waals surface area contributed by atoms with Crippen LogP contribution in [0.1, 0.15) is 40.9 Å². The van der Waals surface area contributed by atoms with Crippen molar-refractivity contribution in [3.63, 3.8) is 0 Å². The van der Waals surface area contributed by atoms with Crippen molar-refractivity contribution in [1.82, 2.24) is 0 Å². The minimum Gasteiger partial charge on any atom is -0.508 e. The van der Waals surface area contributed by atoms with Crippen LogP contribution in [0.15, 0.2) is 24.3 Å². The van der Waals surface area contributed by atoms with Gasteiger partial charge in [0.1, 0.15) is 22.8 Å². The number of aromatic hydroxyl groups is 3. The molecule has 3 N–H and O–H groups in total. The molecule has 2 aromatic carbocycles. The molecule has 6 heteroatoms. The lowest BCUT2D eigenvalue weighted by atomic mass is 10.0. The number of hydrogen-bond donors (Lipinski definition) is 3. The van der Waals surface area contributed by atoms with E-state index in [1.54, 1.807) is 26.8 Å². The molecular formula is C20H22O6. The van der Waals surface area contributed by atoms with Crippen LogP contribution in [-0.4, -0.2) is 28.4 Å². The molecule has 26 heavy (non-hydrogen) atoms. The Morgan fingerprint density at radius 2 is 1.77 bits per heavy atom. The predicted octanol–water partition coefficient (Wildman–Crippen LogP) is 4.42. The summed E-state index contributed by atoms with van der Waals surface area (Å²) in [6.45, 7) is 6.79. The van der Waals surface area contributed by atoms with Crippen molar-refractivity contribution in [1.29, 1.82) is 0 Å². The lowest BCUT2D eigenvalue weighted by Crippen LogP contribution is -2.07. The highest BCUT2D eigenvalue weighted by atomic mass is 16.5. The second-order valence-corrected chi connectivity index (χ2v) is 5.95. The maximum Gasteiger partial charge on any atom is 0.341 e. The van der Waals surface area contributed by atoms with Crippen LogP contribution in [0.3, 0.4) is 0 Å². The van der Waals surface area contributed by atoms with Crippen molar-refractivity contribution in [3.05, 3.63) is 46.5 Å². The Morgan fingerprint density at radius 1 is 1.12 bits per heavy atom. The predicted molar refractivity (Wildman–Crippen MR) is 98.1 cm³/mol. The van der Waals surface area contributed by atoms with Gasteiger partial charge in [0.25, 0.3) is 0 Å². The normalized spacial score (nSPS) is 11.3. The Hall–Kier alpha value is -3.15. The molecule has 0 bridgehead atoms. The van der Waals surface area contributed by atoms with Crippen LogP contribution in [0.4, 0.5) is 0 Å². The second kappa shape index (κ2) is 7.39. The van der Waals surface area contributed by atoms with Crippen LogP contribution < -0.4 is 4.74 Å². The number of ether oxygens (including phenoxy) is 2. The Kier molecular flexibility index (Phi) is 5.45. The van der Waals surface area contributed by atoms with Gasteiger partial charge in [-0.3, -0.25) is 0 Å². The molecule has 0 atom stereocenters. The van der Waals surface area contributed by atoms with Gasteiger partial charge in [-0.1, -0.05) is 6.08 Å². The Balaban J connectivity index is 2.73. The van der Waals surface area contributed by atoms with Crippen molar-refractivity contribution in [3.8, 4) is 28.7 Å². The standard InChI is InChI=1S/C20H22O6/c1-6-10(2)14-9-15(22)12(4)18(23)19(14)26-16-8-13(21)7-11(3)17(16)20(24)25-5/h6-9,21-23H,1-5H3/b10-6+. The number of allylic oxidation sites excluding steroid dienone is 2. The zero-order chi connectivity index (χ0) is 19.6. The summed E-state index contributed by atoms with van der Waals surface area (Å²) in [5, 5.41) is 30.4. The molecular weight excluding hydrogens is 336 g/mol. The van der Waals surface area contributed by atoms with E-state index in [0.717, 1.165) is 5.57 Å². The summed E-state index contributed by atoms with van der Waals surface area (Å²) < 4.78 is 10.6. The Morgan fingerprint density at radius 3 is 2.35 bits per heavy atom. The SMILES string of the molecule is C/C=C(\C)c1cc(O)c(C)c(O)c1Oc1cc(O)cc(C)c1C(=O)OC. The molecule has 0 saturated carbocycles. The number of benzene rings is 2. The van der Waals surface area contributed by atoms with Crippen LogP contribution in [0.5, 0.6) is 28.7 Å². The highest BCUT2D eigenvalue weighted by molar-refractivity contribution is 5.94. The molecule has 0 spiro atoms. The summed E-state index contributed by atoms with van der Waals surface area (Å²) in [6, 6.07) is 4.17. The van der Waals surface area contributed by atoms with Crippen molar-refractivity contribution >= 4 is 11.5 Å². The van der Waals surface area contributed by atoms with E-state index >= 15 is 0 Å². The van der Waals surface area contributed by atoms with Crippen LogP contribution in [0, 0.1) is 13.8 Å². The van der Waals surface area contributed by atoms with E-state index < -0.39 is 5.97 Å². The third kappa shape index (κ3) is 3.44. The summed E-state index contributed by atoms with van der Waals surface area (Å²) in [6.07, 6.45) is 1.80. The average molecular weight is 358 g/mol. The van der Waals surface area contributed by atoms with E-state index in [0.29, 0.717) is 11.1 Å². The fraction of sp³-hybridized carbons (Fsp3) is 0.250. The molecule has 0 unspecified atom stereocenters. The number of carbonyl (C=O) groups is 1. The minimum atomic E-state index is -0.628. The topological polar surface area (TPSA) is 96.2 Å². The van der Waals surface area contributed by atoms with Crippen molar-refractivity contribution in [2.45, 2.75) is 27.7 Å². The number of methoxy groups -OCH3 is 1. The average Bonchev–Trinajstić information content (AvgIpc) is 2.60. The lowest BCUT2D eigenvalue weighted by Gasteiger charge is -2.18. The van der Waals surface area contributed by atoms with E-state index in [1.807, 2.05) is 6.92 Å². The molecule has 2 aromatic rings. The molecule has 138 valence electrons. The first-order valence-corrected chi connectivity index (χ1v) is 7.99. The smallest absolute Gasteiger partial charge is 0.341 e. The highest BCUT2D eigenvalue weighted by Gasteiger charge is 2.23. The largest absolute Gasteiger partial charge is 0.508 e. The first-order chi connectivity index (χ1) is 12.2. The molecule has 0 aliphatic heterocycles. The van der Waals surface area contributed by atoms with E-state index in [9.17, 15) is 20.1 Å². The summed E-state index contributed by atoms with van der Waals surface area (Å²) in [4.78, 5) is 12.1. The summed E-state index contributed by atoms with van der Waals surface area (Å²) in [7, 11) is 1.25. The van der Waals surface area contributed by atoms with Gasteiger partial charge in [-0.25, -0.2) is 4.79 Å². The number of phenolic OH excluding ortho intramolecular Hbond substituents is 3. The maximum atomic E-state index is 12.1. The summed E-state index contributed by atoms with van der Waals surface area (Å²) >= 11 is 0. The zero-order valence-electron chi connectivity index (χ0n) is 15.4. The van der Waals surface area contributed by atoms with Crippen LogP contribution in [0.25, 0.3) is 5.57 Å². The zero-order valence-corrected chi connectivity index (χ0v) is 15.4. The highest BCUT2D eigenvalue weighted by Crippen LogP contribution is 2.45. The molecule has 0 fully saturated rings. The van der Waals surface area contributed by atoms with Crippen molar-refractivity contribution < 1.29 is 29.6 Å². The first-order valence-electron chi connectivity index (χ1n) is 7.99. The van der Waals surface area contributed by atoms with E-state index in [-0.39, 0.29) is 39.9 Å². The summed E-state index contributed by atoms with van der Waals surface area (Å²) in [5.74, 6) is -0.934. The monoisotopic (exact) mass is 358 g/mol. The van der Waals surface area contributed by atoms with Gasteiger partial charge >= 0.3 is 5.97 Å². The van der Waals surface area contributed by atoms with Crippen LogP contribution >= 0.6 is 0 Å².